The molecule has 1 aromatic carbocycles. The molecule has 5 heteroatoms. The summed E-state index contributed by atoms with van der Waals surface area (Å²) in [7, 11) is 0. The third-order valence-corrected chi connectivity index (χ3v) is 4.50. The quantitative estimate of drug-likeness (QED) is 0.567. The molecular formula is C12H7BrClFOS. The Labute approximate surface area is 115 Å². The second-order valence-electron chi connectivity index (χ2n) is 3.46. The number of halogens is 3. The van der Waals surface area contributed by atoms with Crippen LogP contribution in [0.1, 0.15) is 20.1 Å². The van der Waals surface area contributed by atoms with Crippen LogP contribution in [0, 0.1) is 12.7 Å². The molecule has 0 atom stereocenters. The number of hydrogen-bond acceptors (Lipinski definition) is 2. The first-order valence-corrected chi connectivity index (χ1v) is 6.74. The van der Waals surface area contributed by atoms with Gasteiger partial charge < -0.3 is 0 Å². The highest BCUT2D eigenvalue weighted by Crippen LogP contribution is 2.29. The van der Waals surface area contributed by atoms with Crippen molar-refractivity contribution in [1.82, 2.24) is 0 Å². The Bertz CT molecular complexity index is 594. The molecule has 1 aromatic heterocycles. The maximum Gasteiger partial charge on any atom is 0.205 e. The molecule has 2 rings (SSSR count). The molecule has 88 valence electrons. The van der Waals surface area contributed by atoms with Crippen LogP contribution in [-0.4, -0.2) is 5.78 Å². The van der Waals surface area contributed by atoms with Gasteiger partial charge in [-0.05, 0) is 47.1 Å². The zero-order chi connectivity index (χ0) is 12.6. The molecule has 0 radical (unpaired) electrons. The molecule has 0 saturated heterocycles. The Hall–Kier alpha value is -0.710. The van der Waals surface area contributed by atoms with Gasteiger partial charge in [0, 0.05) is 9.35 Å². The molecule has 0 spiro atoms. The van der Waals surface area contributed by atoms with Gasteiger partial charge in [0.25, 0.3) is 0 Å². The summed E-state index contributed by atoms with van der Waals surface area (Å²) < 4.78 is 14.3. The Morgan fingerprint density at radius 2 is 2.06 bits per heavy atom. The molecular weight excluding hydrogens is 327 g/mol. The van der Waals surface area contributed by atoms with Crippen molar-refractivity contribution in [3.63, 3.8) is 0 Å². The number of thiophene rings is 1. The first-order valence-electron chi connectivity index (χ1n) is 4.75. The third kappa shape index (κ3) is 2.44. The van der Waals surface area contributed by atoms with E-state index >= 15 is 0 Å². The van der Waals surface area contributed by atoms with E-state index in [1.807, 2.05) is 13.0 Å². The second-order valence-corrected chi connectivity index (χ2v) is 5.98. The molecule has 0 amide bonds. The summed E-state index contributed by atoms with van der Waals surface area (Å²) in [6.07, 6.45) is 0. The average molecular weight is 334 g/mol. The maximum atomic E-state index is 13.8. The normalized spacial score (nSPS) is 10.6. The fourth-order valence-corrected chi connectivity index (χ4v) is 2.68. The van der Waals surface area contributed by atoms with Crippen molar-refractivity contribution < 1.29 is 9.18 Å². The summed E-state index contributed by atoms with van der Waals surface area (Å²) in [4.78, 5) is 13.6. The molecule has 1 nitrogen and oxygen atoms in total. The van der Waals surface area contributed by atoms with E-state index in [0.29, 0.717) is 9.35 Å². The second kappa shape index (κ2) is 4.88. The highest BCUT2D eigenvalue weighted by Gasteiger charge is 2.18. The minimum atomic E-state index is -0.683. The molecule has 0 aliphatic rings. The minimum absolute atomic E-state index is 0.0000463. The predicted molar refractivity (Wildman–Crippen MR) is 71.6 cm³/mol. The van der Waals surface area contributed by atoms with Gasteiger partial charge in [0.1, 0.15) is 0 Å². The number of benzene rings is 1. The lowest BCUT2D eigenvalue weighted by molar-refractivity contribution is 0.103. The Morgan fingerprint density at radius 1 is 1.35 bits per heavy atom. The summed E-state index contributed by atoms with van der Waals surface area (Å²) in [6, 6.07) is 6.52. The van der Waals surface area contributed by atoms with Gasteiger partial charge in [0.2, 0.25) is 5.78 Å². The van der Waals surface area contributed by atoms with Crippen LogP contribution in [0.3, 0.4) is 0 Å². The molecule has 0 saturated carbocycles. The van der Waals surface area contributed by atoms with Crippen LogP contribution in [-0.2, 0) is 0 Å². The smallest absolute Gasteiger partial charge is 0.205 e. The zero-order valence-electron chi connectivity index (χ0n) is 8.76. The van der Waals surface area contributed by atoms with Gasteiger partial charge >= 0.3 is 0 Å². The molecule has 0 N–H and O–H groups in total. The maximum absolute atomic E-state index is 13.8. The van der Waals surface area contributed by atoms with E-state index in [9.17, 15) is 9.18 Å². The lowest BCUT2D eigenvalue weighted by Gasteiger charge is -2.03. The summed E-state index contributed by atoms with van der Waals surface area (Å²) >= 11 is 10.2. The first kappa shape index (κ1) is 12.7. The lowest BCUT2D eigenvalue weighted by Crippen LogP contribution is -2.02. The fourth-order valence-electron chi connectivity index (χ4n) is 1.39. The SMILES string of the molecule is Cc1ccc(C(=O)c2ccc(Br)c(Cl)c2F)s1. The fraction of sp³-hybridized carbons (Fsp3) is 0.0833. The van der Waals surface area contributed by atoms with E-state index in [1.54, 1.807) is 12.1 Å². The molecule has 0 unspecified atom stereocenters. The van der Waals surface area contributed by atoms with Gasteiger partial charge in [0.15, 0.2) is 5.82 Å². The van der Waals surface area contributed by atoms with Gasteiger partial charge in [0.05, 0.1) is 15.5 Å². The van der Waals surface area contributed by atoms with Crippen LogP contribution in [0.5, 0.6) is 0 Å². The lowest BCUT2D eigenvalue weighted by atomic mass is 10.1. The number of carbonyl (C=O) groups is 1. The van der Waals surface area contributed by atoms with E-state index in [4.69, 9.17) is 11.6 Å². The summed E-state index contributed by atoms with van der Waals surface area (Å²) in [6.45, 7) is 1.90. The van der Waals surface area contributed by atoms with Crippen molar-refractivity contribution in [3.8, 4) is 0 Å². The number of carbonyl (C=O) groups excluding carboxylic acids is 1. The zero-order valence-corrected chi connectivity index (χ0v) is 11.9. The van der Waals surface area contributed by atoms with Crippen LogP contribution in [0.2, 0.25) is 5.02 Å². The van der Waals surface area contributed by atoms with Crippen molar-refractivity contribution in [3.05, 3.63) is 54.9 Å². The first-order chi connectivity index (χ1) is 8.00. The largest absolute Gasteiger partial charge is 0.288 e. The molecule has 2 aromatic rings. The summed E-state index contributed by atoms with van der Waals surface area (Å²) in [5.74, 6) is -1.02. The van der Waals surface area contributed by atoms with Crippen molar-refractivity contribution in [2.45, 2.75) is 6.92 Å². The van der Waals surface area contributed by atoms with Crippen molar-refractivity contribution in [2.24, 2.45) is 0 Å². The van der Waals surface area contributed by atoms with E-state index in [1.165, 1.54) is 17.4 Å². The van der Waals surface area contributed by atoms with E-state index < -0.39 is 5.82 Å². The Kier molecular flexibility index (Phi) is 3.66. The van der Waals surface area contributed by atoms with Gasteiger partial charge in [-0.15, -0.1) is 11.3 Å². The predicted octanol–water partition coefficient (Wildman–Crippen LogP) is 4.84. The molecule has 0 aliphatic heterocycles. The van der Waals surface area contributed by atoms with Gasteiger partial charge in [-0.3, -0.25) is 4.79 Å². The van der Waals surface area contributed by atoms with Crippen LogP contribution in [0.4, 0.5) is 4.39 Å². The average Bonchev–Trinajstić information content (AvgIpc) is 2.72. The monoisotopic (exact) mass is 332 g/mol. The summed E-state index contributed by atoms with van der Waals surface area (Å²) in [5.41, 5.74) is 0.0000463. The number of rotatable bonds is 2. The van der Waals surface area contributed by atoms with Gasteiger partial charge in [-0.1, -0.05) is 11.6 Å². The number of hydrogen-bond donors (Lipinski definition) is 0. The molecule has 0 bridgehead atoms. The van der Waals surface area contributed by atoms with E-state index in [0.717, 1.165) is 4.88 Å². The Morgan fingerprint density at radius 3 is 2.65 bits per heavy atom. The highest BCUT2D eigenvalue weighted by molar-refractivity contribution is 9.10. The van der Waals surface area contributed by atoms with Crippen molar-refractivity contribution in [1.29, 1.82) is 0 Å². The minimum Gasteiger partial charge on any atom is -0.288 e. The van der Waals surface area contributed by atoms with Gasteiger partial charge in [-0.2, -0.15) is 0 Å². The van der Waals surface area contributed by atoms with E-state index in [2.05, 4.69) is 15.9 Å². The number of aryl methyl sites for hydroxylation is 1. The molecule has 0 aliphatic carbocycles. The molecule has 17 heavy (non-hydrogen) atoms. The van der Waals surface area contributed by atoms with Crippen LogP contribution >= 0.6 is 38.9 Å². The van der Waals surface area contributed by atoms with Crippen molar-refractivity contribution in [2.75, 3.05) is 0 Å². The Balaban J connectivity index is 2.48. The van der Waals surface area contributed by atoms with Crippen molar-refractivity contribution >= 4 is 44.7 Å². The number of ketones is 1. The molecule has 0 fully saturated rings. The third-order valence-electron chi connectivity index (χ3n) is 2.24. The summed E-state index contributed by atoms with van der Waals surface area (Å²) in [5, 5.41) is -0.0656. The topological polar surface area (TPSA) is 17.1 Å². The standard InChI is InChI=1S/C12H7BrClFOS/c1-6-2-5-9(17-6)12(16)7-3-4-8(13)10(14)11(7)15/h2-5H,1H3. The van der Waals surface area contributed by atoms with Crippen LogP contribution in [0.25, 0.3) is 0 Å². The van der Waals surface area contributed by atoms with Crippen LogP contribution in [0.15, 0.2) is 28.7 Å². The van der Waals surface area contributed by atoms with E-state index in [-0.39, 0.29) is 16.4 Å². The molecule has 1 heterocycles. The highest BCUT2D eigenvalue weighted by atomic mass is 79.9. The van der Waals surface area contributed by atoms with Gasteiger partial charge in [-0.25, -0.2) is 4.39 Å². The van der Waals surface area contributed by atoms with Crippen LogP contribution < -0.4 is 0 Å².